The number of carbonyl (C=O) groups is 2. The Balaban J connectivity index is 1.63. The highest BCUT2D eigenvalue weighted by Gasteiger charge is 2.53. The third-order valence-corrected chi connectivity index (χ3v) is 7.19. The average molecular weight is 386 g/mol. The number of nitrogens with one attached hydrogen (secondary N) is 1. The van der Waals surface area contributed by atoms with Crippen LogP contribution in [0.5, 0.6) is 0 Å². The molecule has 1 spiro atoms. The van der Waals surface area contributed by atoms with E-state index >= 15 is 0 Å². The van der Waals surface area contributed by atoms with E-state index in [9.17, 15) is 9.59 Å². The minimum atomic E-state index is -0.680. The Hall–Kier alpha value is -1.88. The lowest BCUT2D eigenvalue weighted by Gasteiger charge is -2.42. The van der Waals surface area contributed by atoms with Gasteiger partial charge in [0.05, 0.1) is 6.67 Å². The van der Waals surface area contributed by atoms with Crippen LogP contribution < -0.4 is 5.32 Å². The minimum absolute atomic E-state index is 0.0399. The molecule has 2 aliphatic rings. The van der Waals surface area contributed by atoms with Crippen molar-refractivity contribution in [2.75, 3.05) is 13.7 Å². The molecule has 154 valence electrons. The van der Waals surface area contributed by atoms with Gasteiger partial charge in [0.1, 0.15) is 5.54 Å². The zero-order valence-corrected chi connectivity index (χ0v) is 18.0. The number of carbonyl (C=O) groups excluding carboxylic acids is 2. The summed E-state index contributed by atoms with van der Waals surface area (Å²) in [5.41, 5.74) is 2.05. The van der Waals surface area contributed by atoms with E-state index in [1.807, 2.05) is 24.1 Å². The summed E-state index contributed by atoms with van der Waals surface area (Å²) in [7, 11) is 1.96. The molecule has 0 unspecified atom stereocenters. The van der Waals surface area contributed by atoms with Crippen molar-refractivity contribution in [2.24, 2.45) is 11.3 Å². The molecule has 1 aliphatic carbocycles. The first-order chi connectivity index (χ1) is 13.2. The van der Waals surface area contributed by atoms with Crippen molar-refractivity contribution in [3.8, 4) is 0 Å². The predicted octanol–water partition coefficient (Wildman–Crippen LogP) is 4.30. The summed E-state index contributed by atoms with van der Waals surface area (Å²) in [5.74, 6) is 0.576. The first kappa shape index (κ1) is 20.8. The predicted molar refractivity (Wildman–Crippen MR) is 112 cm³/mol. The van der Waals surface area contributed by atoms with E-state index in [1.54, 1.807) is 0 Å². The van der Waals surface area contributed by atoms with E-state index in [-0.39, 0.29) is 11.9 Å². The number of nitrogens with zero attached hydrogens (tertiary/aromatic N) is 2. The van der Waals surface area contributed by atoms with Crippen LogP contribution in [0.25, 0.3) is 0 Å². The quantitative estimate of drug-likeness (QED) is 0.743. The summed E-state index contributed by atoms with van der Waals surface area (Å²) in [6, 6.07) is 7.98. The number of amides is 3. The normalized spacial score (nSPS) is 25.6. The Morgan fingerprint density at radius 1 is 1.21 bits per heavy atom. The van der Waals surface area contributed by atoms with Crippen molar-refractivity contribution < 1.29 is 9.59 Å². The van der Waals surface area contributed by atoms with E-state index < -0.39 is 5.54 Å². The van der Waals surface area contributed by atoms with E-state index in [1.165, 1.54) is 16.0 Å². The standard InChI is InChI=1S/C23H35N3O2/c1-6-22(3,4)19-11-13-23(14-12-19)20(27)26(21(28)24-23)16-25(5)15-18-10-8-7-9-17(18)2/h7-10,19H,6,11-16H2,1-5H3,(H,24,28). The molecule has 5 nitrogen and oxygen atoms in total. The Labute approximate surface area is 169 Å². The molecular formula is C23H35N3O2. The molecule has 1 saturated heterocycles. The Morgan fingerprint density at radius 3 is 2.46 bits per heavy atom. The minimum Gasteiger partial charge on any atom is -0.323 e. The van der Waals surface area contributed by atoms with Gasteiger partial charge in [0.25, 0.3) is 5.91 Å². The van der Waals surface area contributed by atoms with Crippen LogP contribution in [-0.4, -0.2) is 41.0 Å². The molecule has 0 radical (unpaired) electrons. The van der Waals surface area contributed by atoms with Gasteiger partial charge in [0, 0.05) is 6.54 Å². The number of rotatable bonds is 6. The summed E-state index contributed by atoms with van der Waals surface area (Å²) in [5, 5.41) is 3.05. The van der Waals surface area contributed by atoms with Crippen LogP contribution in [-0.2, 0) is 11.3 Å². The summed E-state index contributed by atoms with van der Waals surface area (Å²) in [6.07, 6.45) is 4.65. The molecule has 2 fully saturated rings. The highest BCUT2D eigenvalue weighted by molar-refractivity contribution is 6.07. The molecule has 1 aromatic rings. The molecule has 1 aliphatic heterocycles. The van der Waals surface area contributed by atoms with Crippen molar-refractivity contribution in [2.45, 2.75) is 71.9 Å². The summed E-state index contributed by atoms with van der Waals surface area (Å²) in [4.78, 5) is 29.2. The first-order valence-electron chi connectivity index (χ1n) is 10.6. The second-order valence-corrected chi connectivity index (χ2v) is 9.44. The Morgan fingerprint density at radius 2 is 1.86 bits per heavy atom. The second kappa shape index (κ2) is 7.86. The van der Waals surface area contributed by atoms with Gasteiger partial charge in [0.15, 0.2) is 0 Å². The lowest BCUT2D eigenvalue weighted by molar-refractivity contribution is -0.134. The van der Waals surface area contributed by atoms with Crippen molar-refractivity contribution in [3.63, 3.8) is 0 Å². The van der Waals surface area contributed by atoms with Crippen LogP contribution in [0.3, 0.4) is 0 Å². The number of imide groups is 1. The first-order valence-corrected chi connectivity index (χ1v) is 10.6. The van der Waals surface area contributed by atoms with Crippen molar-refractivity contribution in [1.82, 2.24) is 15.1 Å². The lowest BCUT2D eigenvalue weighted by Crippen LogP contribution is -2.51. The number of benzene rings is 1. The summed E-state index contributed by atoms with van der Waals surface area (Å²) >= 11 is 0. The number of aryl methyl sites for hydroxylation is 1. The van der Waals surface area contributed by atoms with Gasteiger partial charge in [-0.25, -0.2) is 9.69 Å². The maximum Gasteiger partial charge on any atom is 0.326 e. The molecule has 5 heteroatoms. The molecule has 0 atom stereocenters. The van der Waals surface area contributed by atoms with Crippen LogP contribution in [0.15, 0.2) is 24.3 Å². The molecule has 1 aromatic carbocycles. The van der Waals surface area contributed by atoms with Crippen LogP contribution in [0.2, 0.25) is 0 Å². The van der Waals surface area contributed by atoms with Crippen molar-refractivity contribution >= 4 is 11.9 Å². The van der Waals surface area contributed by atoms with Crippen molar-refractivity contribution in [1.29, 1.82) is 0 Å². The molecule has 1 N–H and O–H groups in total. The molecule has 3 amide bonds. The highest BCUT2D eigenvalue weighted by atomic mass is 16.2. The molecule has 0 bridgehead atoms. The van der Waals surface area contributed by atoms with E-state index in [0.29, 0.717) is 24.5 Å². The van der Waals surface area contributed by atoms with Crippen LogP contribution in [0.4, 0.5) is 4.79 Å². The van der Waals surface area contributed by atoms with Gasteiger partial charge in [-0.3, -0.25) is 9.69 Å². The van der Waals surface area contributed by atoms with Gasteiger partial charge in [-0.05, 0) is 62.1 Å². The lowest BCUT2D eigenvalue weighted by atomic mass is 9.65. The summed E-state index contributed by atoms with van der Waals surface area (Å²) in [6.45, 7) is 9.99. The fourth-order valence-electron chi connectivity index (χ4n) is 4.69. The van der Waals surface area contributed by atoms with E-state index in [0.717, 1.165) is 32.1 Å². The number of urea groups is 1. The highest BCUT2D eigenvalue weighted by Crippen LogP contribution is 2.45. The van der Waals surface area contributed by atoms with Gasteiger partial charge in [-0.1, -0.05) is 51.5 Å². The van der Waals surface area contributed by atoms with Gasteiger partial charge in [-0.2, -0.15) is 0 Å². The zero-order chi connectivity index (χ0) is 20.5. The zero-order valence-electron chi connectivity index (χ0n) is 18.0. The topological polar surface area (TPSA) is 52.7 Å². The van der Waals surface area contributed by atoms with E-state index in [2.05, 4.69) is 45.1 Å². The third kappa shape index (κ3) is 3.95. The van der Waals surface area contributed by atoms with Gasteiger partial charge < -0.3 is 5.32 Å². The SMILES string of the molecule is CCC(C)(C)C1CCC2(CC1)NC(=O)N(CN(C)Cc1ccccc1C)C2=O. The fourth-order valence-corrected chi connectivity index (χ4v) is 4.69. The van der Waals surface area contributed by atoms with Crippen LogP contribution in [0.1, 0.15) is 64.0 Å². The van der Waals surface area contributed by atoms with Gasteiger partial charge in [0.2, 0.25) is 0 Å². The molecule has 0 aromatic heterocycles. The Bertz CT molecular complexity index is 735. The summed E-state index contributed by atoms with van der Waals surface area (Å²) < 4.78 is 0. The molecule has 1 heterocycles. The molecular weight excluding hydrogens is 350 g/mol. The largest absolute Gasteiger partial charge is 0.326 e. The number of hydrogen-bond donors (Lipinski definition) is 1. The van der Waals surface area contributed by atoms with Gasteiger partial charge >= 0.3 is 6.03 Å². The monoisotopic (exact) mass is 385 g/mol. The van der Waals surface area contributed by atoms with Crippen LogP contribution in [0, 0.1) is 18.3 Å². The van der Waals surface area contributed by atoms with E-state index in [4.69, 9.17) is 0 Å². The smallest absolute Gasteiger partial charge is 0.323 e. The Kier molecular flexibility index (Phi) is 5.85. The molecule has 3 rings (SSSR count). The maximum absolute atomic E-state index is 13.2. The maximum atomic E-state index is 13.2. The molecule has 1 saturated carbocycles. The second-order valence-electron chi connectivity index (χ2n) is 9.44. The van der Waals surface area contributed by atoms with Gasteiger partial charge in [-0.15, -0.1) is 0 Å². The van der Waals surface area contributed by atoms with Crippen molar-refractivity contribution in [3.05, 3.63) is 35.4 Å². The average Bonchev–Trinajstić information content (AvgIpc) is 2.88. The molecule has 28 heavy (non-hydrogen) atoms. The third-order valence-electron chi connectivity index (χ3n) is 7.19. The number of hydrogen-bond acceptors (Lipinski definition) is 3. The fraction of sp³-hybridized carbons (Fsp3) is 0.652. The van der Waals surface area contributed by atoms with Crippen LogP contribution >= 0.6 is 0 Å².